The van der Waals surface area contributed by atoms with Crippen molar-refractivity contribution in [3.05, 3.63) is 24.0 Å². The summed E-state index contributed by atoms with van der Waals surface area (Å²) in [6.07, 6.45) is 5.61. The number of hydrogen-bond donors (Lipinski definition) is 1. The van der Waals surface area contributed by atoms with Crippen LogP contribution in [0.5, 0.6) is 0 Å². The minimum absolute atomic E-state index is 0.123. The first-order valence-electron chi connectivity index (χ1n) is 8.94. The molecular weight excluding hydrogens is 304 g/mol. The van der Waals surface area contributed by atoms with Crippen LogP contribution in [-0.4, -0.2) is 54.4 Å². The average Bonchev–Trinajstić information content (AvgIpc) is 3.01. The van der Waals surface area contributed by atoms with Crippen molar-refractivity contribution in [3.8, 4) is 0 Å². The summed E-state index contributed by atoms with van der Waals surface area (Å²) in [5.74, 6) is 0.785. The van der Waals surface area contributed by atoms with E-state index in [1.807, 2.05) is 24.0 Å². The van der Waals surface area contributed by atoms with Gasteiger partial charge >= 0.3 is 0 Å². The van der Waals surface area contributed by atoms with Crippen LogP contribution < -0.4 is 10.2 Å². The van der Waals surface area contributed by atoms with E-state index >= 15 is 0 Å². The van der Waals surface area contributed by atoms with Crippen molar-refractivity contribution in [2.24, 2.45) is 5.92 Å². The molecule has 0 aliphatic carbocycles. The Hall–Kier alpha value is -2.11. The third-order valence-corrected chi connectivity index (χ3v) is 4.94. The molecule has 2 aliphatic heterocycles. The molecule has 1 aromatic heterocycles. The molecule has 2 amide bonds. The maximum Gasteiger partial charge on any atom is 0.269 e. The molecule has 0 spiro atoms. The average molecular weight is 330 g/mol. The van der Waals surface area contributed by atoms with Crippen molar-refractivity contribution in [2.45, 2.75) is 32.6 Å². The second kappa shape index (κ2) is 7.64. The third-order valence-electron chi connectivity index (χ3n) is 4.94. The molecule has 2 fully saturated rings. The second-order valence-corrected chi connectivity index (χ2v) is 6.63. The Morgan fingerprint density at radius 1 is 1.33 bits per heavy atom. The highest BCUT2D eigenvalue weighted by molar-refractivity contribution is 5.93. The van der Waals surface area contributed by atoms with Crippen molar-refractivity contribution in [1.29, 1.82) is 0 Å². The number of aromatic nitrogens is 1. The van der Waals surface area contributed by atoms with Gasteiger partial charge in [0.05, 0.1) is 0 Å². The summed E-state index contributed by atoms with van der Waals surface area (Å²) in [4.78, 5) is 32.2. The van der Waals surface area contributed by atoms with Gasteiger partial charge in [0.1, 0.15) is 5.69 Å². The first-order valence-corrected chi connectivity index (χ1v) is 8.94. The highest BCUT2D eigenvalue weighted by atomic mass is 16.2. The van der Waals surface area contributed by atoms with E-state index in [4.69, 9.17) is 0 Å². The van der Waals surface area contributed by atoms with Crippen molar-refractivity contribution < 1.29 is 9.59 Å². The van der Waals surface area contributed by atoms with Gasteiger partial charge in [-0.25, -0.2) is 0 Å². The maximum absolute atomic E-state index is 11.9. The zero-order chi connectivity index (χ0) is 16.9. The molecule has 130 valence electrons. The lowest BCUT2D eigenvalue weighted by atomic mass is 9.96. The molecule has 1 aromatic rings. The van der Waals surface area contributed by atoms with Crippen molar-refractivity contribution in [2.75, 3.05) is 37.6 Å². The number of pyridine rings is 1. The zero-order valence-corrected chi connectivity index (χ0v) is 14.3. The van der Waals surface area contributed by atoms with Crippen LogP contribution in [0.2, 0.25) is 0 Å². The van der Waals surface area contributed by atoms with Crippen molar-refractivity contribution >= 4 is 17.5 Å². The molecule has 0 saturated carbocycles. The lowest BCUT2D eigenvalue weighted by molar-refractivity contribution is -0.128. The van der Waals surface area contributed by atoms with E-state index in [-0.39, 0.29) is 5.91 Å². The molecule has 2 aliphatic rings. The number of rotatable bonds is 5. The molecule has 3 rings (SSSR count). The molecule has 0 unspecified atom stereocenters. The van der Waals surface area contributed by atoms with E-state index in [0.29, 0.717) is 24.1 Å². The molecular formula is C18H26N4O2. The molecule has 6 nitrogen and oxygen atoms in total. The normalized spacial score (nSPS) is 19.0. The van der Waals surface area contributed by atoms with Crippen molar-refractivity contribution in [1.82, 2.24) is 15.2 Å². The van der Waals surface area contributed by atoms with E-state index in [2.05, 4.69) is 15.2 Å². The lowest BCUT2D eigenvalue weighted by Gasteiger charge is -2.35. The Bertz CT molecular complexity index is 596. The van der Waals surface area contributed by atoms with Gasteiger partial charge in [0.2, 0.25) is 5.91 Å². The van der Waals surface area contributed by atoms with Crippen LogP contribution in [-0.2, 0) is 4.79 Å². The molecule has 2 saturated heterocycles. The van der Waals surface area contributed by atoms with Gasteiger partial charge in [-0.1, -0.05) is 0 Å². The summed E-state index contributed by atoms with van der Waals surface area (Å²) < 4.78 is 0. The Morgan fingerprint density at radius 2 is 2.12 bits per heavy atom. The summed E-state index contributed by atoms with van der Waals surface area (Å²) in [6, 6.07) is 3.84. The van der Waals surface area contributed by atoms with Gasteiger partial charge in [0.15, 0.2) is 0 Å². The van der Waals surface area contributed by atoms with E-state index in [0.717, 1.165) is 57.5 Å². The van der Waals surface area contributed by atoms with Gasteiger partial charge < -0.3 is 15.1 Å². The van der Waals surface area contributed by atoms with Gasteiger partial charge in [0.25, 0.3) is 5.91 Å². The smallest absolute Gasteiger partial charge is 0.269 e. The maximum atomic E-state index is 11.9. The minimum Gasteiger partial charge on any atom is -0.371 e. The van der Waals surface area contributed by atoms with Crippen LogP contribution in [0.15, 0.2) is 18.3 Å². The number of anilines is 1. The van der Waals surface area contributed by atoms with Gasteiger partial charge in [-0.3, -0.25) is 14.6 Å². The van der Waals surface area contributed by atoms with Crippen LogP contribution >= 0.6 is 0 Å². The van der Waals surface area contributed by atoms with Crippen LogP contribution in [0, 0.1) is 5.92 Å². The molecule has 1 N–H and O–H groups in total. The SMILES string of the molecule is CCNC(=O)c1cc(N2CCC(CN3CCCC3=O)CC2)ccn1. The fraction of sp³-hybridized carbons (Fsp3) is 0.611. The first-order chi connectivity index (χ1) is 11.7. The lowest BCUT2D eigenvalue weighted by Crippen LogP contribution is -2.39. The molecule has 24 heavy (non-hydrogen) atoms. The minimum atomic E-state index is -0.123. The van der Waals surface area contributed by atoms with Gasteiger partial charge in [-0.2, -0.15) is 0 Å². The van der Waals surface area contributed by atoms with Gasteiger partial charge in [-0.15, -0.1) is 0 Å². The molecule has 0 atom stereocenters. The highest BCUT2D eigenvalue weighted by Gasteiger charge is 2.26. The van der Waals surface area contributed by atoms with E-state index in [1.54, 1.807) is 6.20 Å². The van der Waals surface area contributed by atoms with Gasteiger partial charge in [-0.05, 0) is 44.2 Å². The number of carbonyl (C=O) groups is 2. The predicted molar refractivity (Wildman–Crippen MR) is 93.0 cm³/mol. The quantitative estimate of drug-likeness (QED) is 0.892. The number of nitrogens with zero attached hydrogens (tertiary/aromatic N) is 3. The topological polar surface area (TPSA) is 65.5 Å². The van der Waals surface area contributed by atoms with Crippen LogP contribution in [0.4, 0.5) is 5.69 Å². The summed E-state index contributed by atoms with van der Waals surface area (Å²) >= 11 is 0. The van der Waals surface area contributed by atoms with Crippen LogP contribution in [0.25, 0.3) is 0 Å². The number of likely N-dealkylation sites (tertiary alicyclic amines) is 1. The number of hydrogen-bond acceptors (Lipinski definition) is 4. The van der Waals surface area contributed by atoms with Crippen LogP contribution in [0.1, 0.15) is 43.1 Å². The summed E-state index contributed by atoms with van der Waals surface area (Å²) in [5, 5.41) is 2.79. The fourth-order valence-electron chi connectivity index (χ4n) is 3.57. The van der Waals surface area contributed by atoms with Crippen LogP contribution in [0.3, 0.4) is 0 Å². The first kappa shape index (κ1) is 16.7. The second-order valence-electron chi connectivity index (χ2n) is 6.63. The molecule has 3 heterocycles. The number of piperidine rings is 1. The molecule has 0 radical (unpaired) electrons. The molecule has 0 aromatic carbocycles. The Labute approximate surface area is 143 Å². The Balaban J connectivity index is 1.55. The number of amides is 2. The zero-order valence-electron chi connectivity index (χ0n) is 14.3. The summed E-state index contributed by atoms with van der Waals surface area (Å²) in [5.41, 5.74) is 1.53. The molecule has 6 heteroatoms. The fourth-order valence-corrected chi connectivity index (χ4v) is 3.57. The van der Waals surface area contributed by atoms with Crippen molar-refractivity contribution in [3.63, 3.8) is 0 Å². The van der Waals surface area contributed by atoms with E-state index in [9.17, 15) is 9.59 Å². The molecule has 0 bridgehead atoms. The summed E-state index contributed by atoms with van der Waals surface area (Å²) in [6.45, 7) is 6.27. The standard InChI is InChI=1S/C18H26N4O2/c1-2-19-18(24)16-12-15(5-8-20-16)21-10-6-14(7-11-21)13-22-9-3-4-17(22)23/h5,8,12,14H,2-4,6-7,9-11,13H2,1H3,(H,19,24). The third kappa shape index (κ3) is 3.86. The van der Waals surface area contributed by atoms with E-state index in [1.165, 1.54) is 0 Å². The Morgan fingerprint density at radius 3 is 2.79 bits per heavy atom. The number of carbonyl (C=O) groups excluding carboxylic acids is 2. The monoisotopic (exact) mass is 330 g/mol. The van der Waals surface area contributed by atoms with Gasteiger partial charge in [0, 0.05) is 51.0 Å². The number of nitrogens with one attached hydrogen (secondary N) is 1. The van der Waals surface area contributed by atoms with E-state index < -0.39 is 0 Å². The highest BCUT2D eigenvalue weighted by Crippen LogP contribution is 2.25. The Kier molecular flexibility index (Phi) is 5.33. The largest absolute Gasteiger partial charge is 0.371 e. The summed E-state index contributed by atoms with van der Waals surface area (Å²) in [7, 11) is 0. The predicted octanol–water partition coefficient (Wildman–Crippen LogP) is 1.67.